The fourth-order valence-electron chi connectivity index (χ4n) is 4.35. The van der Waals surface area contributed by atoms with Gasteiger partial charge in [-0.1, -0.05) is 46.9 Å². The average molecular weight is 512 g/mol. The van der Waals surface area contributed by atoms with Crippen LogP contribution >= 0.6 is 34.8 Å². The summed E-state index contributed by atoms with van der Waals surface area (Å²) in [6.07, 6.45) is 0. The molecule has 3 aromatic rings. The molecule has 0 aliphatic carbocycles. The van der Waals surface area contributed by atoms with Crippen LogP contribution in [0.15, 0.2) is 60.7 Å². The number of hydrogen-bond donors (Lipinski definition) is 1. The van der Waals surface area contributed by atoms with Crippen molar-refractivity contribution in [2.75, 3.05) is 31.1 Å². The quantitative estimate of drug-likeness (QED) is 0.413. The fraction of sp³-hybridized carbons (Fsp3) is 0.280. The van der Waals surface area contributed by atoms with Gasteiger partial charge >= 0.3 is 0 Å². The minimum Gasteiger partial charge on any atom is -0.384 e. The third-order valence-electron chi connectivity index (χ3n) is 5.95. The third-order valence-corrected chi connectivity index (χ3v) is 6.74. The van der Waals surface area contributed by atoms with E-state index >= 15 is 0 Å². The number of anilines is 1. The molecule has 0 saturated carbocycles. The van der Waals surface area contributed by atoms with Gasteiger partial charge in [-0.25, -0.2) is 8.78 Å². The van der Waals surface area contributed by atoms with E-state index in [2.05, 4.69) is 9.80 Å². The highest BCUT2D eigenvalue weighted by atomic mass is 35.5. The molecule has 1 heterocycles. The molecule has 8 heteroatoms. The van der Waals surface area contributed by atoms with Crippen molar-refractivity contribution in [1.29, 1.82) is 0 Å². The zero-order chi connectivity index (χ0) is 23.8. The van der Waals surface area contributed by atoms with Gasteiger partial charge in [-0.15, -0.1) is 0 Å². The Morgan fingerprint density at radius 2 is 1.55 bits per heavy atom. The van der Waals surface area contributed by atoms with Crippen LogP contribution in [0.25, 0.3) is 0 Å². The molecule has 2 atom stereocenters. The summed E-state index contributed by atoms with van der Waals surface area (Å²) in [5.74, 6) is -1.43. The Bertz CT molecular complexity index is 1120. The molecule has 1 saturated heterocycles. The summed E-state index contributed by atoms with van der Waals surface area (Å²) in [5, 5.41) is 12.8. The van der Waals surface area contributed by atoms with Crippen molar-refractivity contribution >= 4 is 40.5 Å². The maximum Gasteiger partial charge on any atom is 0.126 e. The number of benzene rings is 3. The first-order valence-corrected chi connectivity index (χ1v) is 11.6. The minimum absolute atomic E-state index is 0.0882. The predicted molar refractivity (Wildman–Crippen MR) is 130 cm³/mol. The molecule has 0 unspecified atom stereocenters. The van der Waals surface area contributed by atoms with Gasteiger partial charge in [-0.05, 0) is 60.5 Å². The van der Waals surface area contributed by atoms with Gasteiger partial charge in [0.25, 0.3) is 0 Å². The number of halogens is 5. The van der Waals surface area contributed by atoms with Gasteiger partial charge in [0.05, 0.1) is 22.4 Å². The van der Waals surface area contributed by atoms with Gasteiger partial charge in [0.15, 0.2) is 0 Å². The SMILES string of the molecule is C[C@@](O)(CN1CCN(c2ccc(Cl)cc2Cl)[C@H](c2ccc(Cl)cc2)C1)c1cc(F)cc(F)c1. The van der Waals surface area contributed by atoms with Gasteiger partial charge in [-0.3, -0.25) is 4.90 Å². The van der Waals surface area contributed by atoms with Crippen LogP contribution in [0.1, 0.15) is 24.1 Å². The molecule has 1 N–H and O–H groups in total. The first-order chi connectivity index (χ1) is 15.6. The zero-order valence-corrected chi connectivity index (χ0v) is 20.2. The molecule has 3 aromatic carbocycles. The molecular formula is C25H23Cl3F2N2O. The van der Waals surface area contributed by atoms with Crippen molar-refractivity contribution in [3.63, 3.8) is 0 Å². The van der Waals surface area contributed by atoms with E-state index in [1.165, 1.54) is 12.1 Å². The average Bonchev–Trinajstić information content (AvgIpc) is 2.74. The van der Waals surface area contributed by atoms with E-state index in [1.807, 2.05) is 30.3 Å². The lowest BCUT2D eigenvalue weighted by atomic mass is 9.93. The minimum atomic E-state index is -1.44. The summed E-state index contributed by atoms with van der Waals surface area (Å²) >= 11 is 18.7. The molecule has 3 nitrogen and oxygen atoms in total. The Labute approximate surface area is 207 Å². The van der Waals surface area contributed by atoms with Gasteiger partial charge in [-0.2, -0.15) is 0 Å². The van der Waals surface area contributed by atoms with Crippen LogP contribution < -0.4 is 4.90 Å². The van der Waals surface area contributed by atoms with E-state index in [9.17, 15) is 13.9 Å². The number of nitrogens with zero attached hydrogens (tertiary/aromatic N) is 2. The number of piperazine rings is 1. The summed E-state index contributed by atoms with van der Waals surface area (Å²) in [7, 11) is 0. The van der Waals surface area contributed by atoms with E-state index in [-0.39, 0.29) is 18.2 Å². The van der Waals surface area contributed by atoms with Crippen LogP contribution in [0.2, 0.25) is 15.1 Å². The Balaban J connectivity index is 1.62. The molecule has 0 aromatic heterocycles. The second kappa shape index (κ2) is 9.77. The van der Waals surface area contributed by atoms with Crippen molar-refractivity contribution in [3.8, 4) is 0 Å². The lowest BCUT2D eigenvalue weighted by Crippen LogP contribution is -2.52. The normalized spacial score (nSPS) is 18.9. The fourth-order valence-corrected chi connectivity index (χ4v) is 4.99. The third kappa shape index (κ3) is 5.61. The topological polar surface area (TPSA) is 26.7 Å². The van der Waals surface area contributed by atoms with Crippen molar-refractivity contribution in [2.45, 2.75) is 18.6 Å². The lowest BCUT2D eigenvalue weighted by molar-refractivity contribution is 0.00981. The Morgan fingerprint density at radius 1 is 0.909 bits per heavy atom. The van der Waals surface area contributed by atoms with Crippen LogP contribution in [-0.2, 0) is 5.60 Å². The summed E-state index contributed by atoms with van der Waals surface area (Å²) in [6.45, 7) is 3.59. The highest BCUT2D eigenvalue weighted by molar-refractivity contribution is 6.36. The van der Waals surface area contributed by atoms with Gasteiger partial charge < -0.3 is 10.0 Å². The summed E-state index contributed by atoms with van der Waals surface area (Å²) < 4.78 is 27.5. The lowest BCUT2D eigenvalue weighted by Gasteiger charge is -2.45. The standard InChI is InChI=1S/C25H23Cl3F2N2O/c1-25(33,17-10-20(29)13-21(30)11-17)15-31-8-9-32(23-7-6-19(27)12-22(23)28)24(14-31)16-2-4-18(26)5-3-16/h2-7,10-13,24,33H,8-9,14-15H2,1H3/t24-,25+/m0/s1. The van der Waals surface area contributed by atoms with Crippen LogP contribution in [0, 0.1) is 11.6 Å². The molecular weight excluding hydrogens is 489 g/mol. The highest BCUT2D eigenvalue weighted by Gasteiger charge is 2.34. The Hall–Kier alpha value is -1.89. The molecule has 33 heavy (non-hydrogen) atoms. The highest BCUT2D eigenvalue weighted by Crippen LogP contribution is 2.37. The molecule has 1 aliphatic rings. The summed E-state index contributed by atoms with van der Waals surface area (Å²) in [6, 6.07) is 16.1. The molecule has 0 amide bonds. The largest absolute Gasteiger partial charge is 0.384 e. The molecule has 1 aliphatic heterocycles. The second-order valence-electron chi connectivity index (χ2n) is 8.52. The maximum atomic E-state index is 13.8. The smallest absolute Gasteiger partial charge is 0.126 e. The van der Waals surface area contributed by atoms with Crippen molar-refractivity contribution in [2.24, 2.45) is 0 Å². The predicted octanol–water partition coefficient (Wildman–Crippen LogP) is 6.70. The summed E-state index contributed by atoms with van der Waals surface area (Å²) in [5.41, 5.74) is 0.658. The molecule has 0 spiro atoms. The Morgan fingerprint density at radius 3 is 2.18 bits per heavy atom. The maximum absolute atomic E-state index is 13.8. The van der Waals surface area contributed by atoms with E-state index < -0.39 is 17.2 Å². The first kappa shape index (κ1) is 24.2. The number of aliphatic hydroxyl groups is 1. The Kier molecular flexibility index (Phi) is 7.18. The zero-order valence-electron chi connectivity index (χ0n) is 17.9. The molecule has 0 radical (unpaired) electrons. The molecule has 4 rings (SSSR count). The van der Waals surface area contributed by atoms with Crippen LogP contribution in [-0.4, -0.2) is 36.2 Å². The molecule has 1 fully saturated rings. The monoisotopic (exact) mass is 510 g/mol. The number of hydrogen-bond acceptors (Lipinski definition) is 3. The van der Waals surface area contributed by atoms with Gasteiger partial charge in [0.2, 0.25) is 0 Å². The van der Waals surface area contributed by atoms with Crippen LogP contribution in [0.3, 0.4) is 0 Å². The molecule has 174 valence electrons. The number of β-amino-alcohol motifs (C(OH)–C–C–N with tert-alkyl or cyclic N) is 1. The first-order valence-electron chi connectivity index (χ1n) is 10.5. The van der Waals surface area contributed by atoms with Gasteiger partial charge in [0, 0.05) is 42.3 Å². The summed E-state index contributed by atoms with van der Waals surface area (Å²) in [4.78, 5) is 4.29. The van der Waals surface area contributed by atoms with E-state index in [4.69, 9.17) is 34.8 Å². The van der Waals surface area contributed by atoms with E-state index in [0.29, 0.717) is 34.7 Å². The van der Waals surface area contributed by atoms with E-state index in [1.54, 1.807) is 19.1 Å². The van der Waals surface area contributed by atoms with Crippen molar-refractivity contribution in [1.82, 2.24) is 4.90 Å². The van der Waals surface area contributed by atoms with Gasteiger partial charge in [0.1, 0.15) is 11.6 Å². The van der Waals surface area contributed by atoms with Crippen LogP contribution in [0.4, 0.5) is 14.5 Å². The van der Waals surface area contributed by atoms with Crippen molar-refractivity contribution < 1.29 is 13.9 Å². The number of rotatable bonds is 5. The van der Waals surface area contributed by atoms with Crippen molar-refractivity contribution in [3.05, 3.63) is 98.5 Å². The van der Waals surface area contributed by atoms with Crippen LogP contribution in [0.5, 0.6) is 0 Å². The van der Waals surface area contributed by atoms with E-state index in [0.717, 1.165) is 17.3 Å². The molecule has 0 bridgehead atoms. The second-order valence-corrected chi connectivity index (χ2v) is 9.80.